The van der Waals surface area contributed by atoms with Crippen molar-refractivity contribution >= 4 is 27.5 Å². The second-order valence-corrected chi connectivity index (χ2v) is 7.59. The first-order valence-electron chi connectivity index (χ1n) is 9.09. The topological polar surface area (TPSA) is 43.6 Å². The molecular weight excluding hydrogens is 382 g/mol. The molecule has 3 rings (SSSR count). The van der Waals surface area contributed by atoms with Crippen molar-refractivity contribution < 1.29 is 18.3 Å². The van der Waals surface area contributed by atoms with Gasteiger partial charge in [0.1, 0.15) is 5.82 Å². The third-order valence-corrected chi connectivity index (χ3v) is 5.45. The fourth-order valence-corrected chi connectivity index (χ4v) is 4.13. The maximum Gasteiger partial charge on any atom is 0.252 e. The second kappa shape index (κ2) is 8.75. The highest BCUT2D eigenvalue weighted by atomic mass is 32.1. The molecule has 0 atom stereocenters. The van der Waals surface area contributed by atoms with Gasteiger partial charge in [-0.25, -0.2) is 8.78 Å². The fourth-order valence-electron chi connectivity index (χ4n) is 3.02. The lowest BCUT2D eigenvalue weighted by Gasteiger charge is -2.07. The lowest BCUT2D eigenvalue weighted by Crippen LogP contribution is -2.20. The van der Waals surface area contributed by atoms with Crippen LogP contribution in [0.25, 0.3) is 10.2 Å². The summed E-state index contributed by atoms with van der Waals surface area (Å²) in [5.41, 5.74) is 3.24. The van der Waals surface area contributed by atoms with Crippen molar-refractivity contribution in [3.63, 3.8) is 0 Å². The van der Waals surface area contributed by atoms with Crippen LogP contribution in [0, 0.1) is 25.5 Å². The fraction of sp³-hybridized carbons (Fsp3) is 0.333. The van der Waals surface area contributed by atoms with E-state index in [1.807, 2.05) is 39.0 Å². The molecule has 0 radical (unpaired) electrons. The van der Waals surface area contributed by atoms with Crippen molar-refractivity contribution in [1.29, 1.82) is 0 Å². The predicted octanol–water partition coefficient (Wildman–Crippen LogP) is 4.30. The van der Waals surface area contributed by atoms with E-state index in [1.54, 1.807) is 4.57 Å². The Morgan fingerprint density at radius 3 is 2.75 bits per heavy atom. The van der Waals surface area contributed by atoms with Gasteiger partial charge in [0.25, 0.3) is 5.91 Å². The van der Waals surface area contributed by atoms with Gasteiger partial charge in [-0.05, 0) is 38.0 Å². The minimum absolute atomic E-state index is 0.157. The summed E-state index contributed by atoms with van der Waals surface area (Å²) in [6, 6.07) is 8.03. The summed E-state index contributed by atoms with van der Waals surface area (Å²) in [7, 11) is 0. The molecule has 0 saturated heterocycles. The molecule has 0 spiro atoms. The summed E-state index contributed by atoms with van der Waals surface area (Å²) in [6.45, 7) is 6.98. The normalized spacial score (nSPS) is 12.1. The highest BCUT2D eigenvalue weighted by Gasteiger charge is 2.14. The number of aromatic nitrogens is 1. The number of nitrogens with zero attached hydrogens (tertiary/aromatic N) is 2. The van der Waals surface area contributed by atoms with Gasteiger partial charge in [0.15, 0.2) is 10.6 Å². The second-order valence-electron chi connectivity index (χ2n) is 6.58. The van der Waals surface area contributed by atoms with Crippen molar-refractivity contribution in [2.24, 2.45) is 4.99 Å². The third-order valence-electron chi connectivity index (χ3n) is 4.43. The Balaban J connectivity index is 2.02. The van der Waals surface area contributed by atoms with Gasteiger partial charge in [0.05, 0.1) is 23.2 Å². The van der Waals surface area contributed by atoms with Crippen molar-refractivity contribution in [2.45, 2.75) is 33.7 Å². The highest BCUT2D eigenvalue weighted by molar-refractivity contribution is 7.16. The van der Waals surface area contributed by atoms with Crippen LogP contribution in [0.2, 0.25) is 0 Å². The van der Waals surface area contributed by atoms with E-state index in [1.165, 1.54) is 6.07 Å². The Morgan fingerprint density at radius 2 is 2.00 bits per heavy atom. The number of aryl methyl sites for hydroxylation is 2. The van der Waals surface area contributed by atoms with Crippen LogP contribution < -0.4 is 4.80 Å². The van der Waals surface area contributed by atoms with Crippen LogP contribution in [-0.4, -0.2) is 23.7 Å². The average molecular weight is 404 g/mol. The molecule has 0 saturated carbocycles. The molecule has 1 heterocycles. The standard InChI is InChI=1S/C21H22F2N2O2S/c1-4-27-8-7-25-20-17(23)11-16(22)12-18(20)28-21(25)24-19(26)10-15-9-13(2)5-6-14(15)3/h5-6,9,11-12H,4,7-8,10H2,1-3H3. The zero-order valence-corrected chi connectivity index (χ0v) is 16.9. The molecule has 7 heteroatoms. The van der Waals surface area contributed by atoms with Crippen LogP contribution in [0.1, 0.15) is 23.6 Å². The van der Waals surface area contributed by atoms with Crippen LogP contribution in [0.3, 0.4) is 0 Å². The number of fused-ring (bicyclic) bond motifs is 1. The van der Waals surface area contributed by atoms with E-state index in [4.69, 9.17) is 4.74 Å². The summed E-state index contributed by atoms with van der Waals surface area (Å²) in [6.07, 6.45) is 0.157. The van der Waals surface area contributed by atoms with Gasteiger partial charge in [0, 0.05) is 19.2 Å². The number of hydrogen-bond acceptors (Lipinski definition) is 3. The van der Waals surface area contributed by atoms with Gasteiger partial charge in [0.2, 0.25) is 0 Å². The number of carbonyl (C=O) groups is 1. The van der Waals surface area contributed by atoms with Crippen molar-refractivity contribution in [3.8, 4) is 0 Å². The maximum atomic E-state index is 14.4. The zero-order chi connectivity index (χ0) is 20.3. The summed E-state index contributed by atoms with van der Waals surface area (Å²) in [5, 5.41) is 0. The number of amides is 1. The highest BCUT2D eigenvalue weighted by Crippen LogP contribution is 2.22. The Labute approximate surface area is 166 Å². The Bertz CT molecular complexity index is 1090. The van der Waals surface area contributed by atoms with Gasteiger partial charge in [-0.15, -0.1) is 0 Å². The summed E-state index contributed by atoms with van der Waals surface area (Å²) in [4.78, 5) is 17.1. The molecule has 0 bridgehead atoms. The number of thiazole rings is 1. The van der Waals surface area contributed by atoms with Gasteiger partial charge in [-0.2, -0.15) is 4.99 Å². The van der Waals surface area contributed by atoms with Crippen LogP contribution in [0.5, 0.6) is 0 Å². The number of halogens is 2. The molecular formula is C21H22F2N2O2S. The summed E-state index contributed by atoms with van der Waals surface area (Å²) < 4.78 is 35.4. The van der Waals surface area contributed by atoms with Crippen LogP contribution in [-0.2, 0) is 22.5 Å². The van der Waals surface area contributed by atoms with Crippen LogP contribution >= 0.6 is 11.3 Å². The lowest BCUT2D eigenvalue weighted by atomic mass is 10.0. The maximum absolute atomic E-state index is 14.4. The first kappa shape index (κ1) is 20.4. The first-order valence-corrected chi connectivity index (χ1v) is 9.90. The van der Waals surface area contributed by atoms with E-state index in [0.29, 0.717) is 29.3 Å². The van der Waals surface area contributed by atoms with Gasteiger partial charge < -0.3 is 9.30 Å². The Kier molecular flexibility index (Phi) is 6.36. The minimum Gasteiger partial charge on any atom is -0.380 e. The predicted molar refractivity (Wildman–Crippen MR) is 106 cm³/mol. The number of hydrogen-bond donors (Lipinski definition) is 0. The minimum atomic E-state index is -0.675. The largest absolute Gasteiger partial charge is 0.380 e. The summed E-state index contributed by atoms with van der Waals surface area (Å²) >= 11 is 1.10. The molecule has 0 aliphatic rings. The molecule has 148 valence electrons. The molecule has 0 N–H and O–H groups in total. The van der Waals surface area contributed by atoms with Gasteiger partial charge in [-0.3, -0.25) is 4.79 Å². The van der Waals surface area contributed by atoms with Gasteiger partial charge >= 0.3 is 0 Å². The zero-order valence-electron chi connectivity index (χ0n) is 16.1. The molecule has 4 nitrogen and oxygen atoms in total. The SMILES string of the molecule is CCOCCn1c(=NC(=O)Cc2cc(C)ccc2C)sc2cc(F)cc(F)c21. The van der Waals surface area contributed by atoms with Crippen molar-refractivity contribution in [1.82, 2.24) is 4.57 Å². The quantitative estimate of drug-likeness (QED) is 0.575. The number of rotatable bonds is 6. The molecule has 28 heavy (non-hydrogen) atoms. The van der Waals surface area contributed by atoms with Crippen LogP contribution in [0.15, 0.2) is 35.3 Å². The molecule has 2 aromatic carbocycles. The van der Waals surface area contributed by atoms with Crippen LogP contribution in [0.4, 0.5) is 8.78 Å². The molecule has 0 aliphatic carbocycles. The summed E-state index contributed by atoms with van der Waals surface area (Å²) in [5.74, 6) is -1.66. The molecule has 0 aliphatic heterocycles. The number of carbonyl (C=O) groups excluding carboxylic acids is 1. The van der Waals surface area contributed by atoms with Gasteiger partial charge in [-0.1, -0.05) is 35.1 Å². The molecule has 0 unspecified atom stereocenters. The first-order chi connectivity index (χ1) is 13.4. The number of ether oxygens (including phenoxy) is 1. The van der Waals surface area contributed by atoms with Crippen molar-refractivity contribution in [2.75, 3.05) is 13.2 Å². The third kappa shape index (κ3) is 4.54. The molecule has 1 amide bonds. The average Bonchev–Trinajstić information content (AvgIpc) is 2.95. The van der Waals surface area contributed by atoms with E-state index >= 15 is 0 Å². The van der Waals surface area contributed by atoms with E-state index in [9.17, 15) is 13.6 Å². The Morgan fingerprint density at radius 1 is 1.21 bits per heavy atom. The van der Waals surface area contributed by atoms with Crippen molar-refractivity contribution in [3.05, 3.63) is 63.5 Å². The molecule has 3 aromatic rings. The van der Waals surface area contributed by atoms with E-state index < -0.39 is 11.6 Å². The van der Waals surface area contributed by atoms with E-state index in [2.05, 4.69) is 4.99 Å². The monoisotopic (exact) mass is 404 g/mol. The number of benzene rings is 2. The smallest absolute Gasteiger partial charge is 0.252 e. The molecule has 1 aromatic heterocycles. The molecule has 0 fully saturated rings. The van der Waals surface area contributed by atoms with E-state index in [-0.39, 0.29) is 17.8 Å². The Hall–Kier alpha value is -2.38. The lowest BCUT2D eigenvalue weighted by molar-refractivity contribution is -0.117. The van der Waals surface area contributed by atoms with E-state index in [0.717, 1.165) is 34.1 Å².